The van der Waals surface area contributed by atoms with Crippen molar-refractivity contribution in [3.8, 4) is 0 Å². The number of carboxylic acid groups (broad SMARTS) is 1. The van der Waals surface area contributed by atoms with E-state index in [1.54, 1.807) is 0 Å². The van der Waals surface area contributed by atoms with Crippen LogP contribution in [0.1, 0.15) is 19.8 Å². The molecule has 1 unspecified atom stereocenters. The first kappa shape index (κ1) is 20.2. The number of aliphatic carboxylic acids is 1. The fourth-order valence-electron chi connectivity index (χ4n) is 1.15. The average molecular weight is 336 g/mol. The molecule has 0 rings (SSSR count). The SMILES string of the molecule is CC(=O)C(=O)OC(COC(=O)CC[C@H](N)C(=O)O)CO[N+](=O)[O-]. The number of carboxylic acids is 1. The monoisotopic (exact) mass is 336 g/mol. The highest BCUT2D eigenvalue weighted by Crippen LogP contribution is 2.02. The summed E-state index contributed by atoms with van der Waals surface area (Å²) in [7, 11) is 0. The Hall–Kier alpha value is -2.76. The molecule has 12 heteroatoms. The number of Topliss-reactive ketones (excluding diaryl/α,β-unsaturated/α-hetero) is 1. The first-order valence-corrected chi connectivity index (χ1v) is 6.26. The summed E-state index contributed by atoms with van der Waals surface area (Å²) in [6.07, 6.45) is -1.87. The minimum absolute atomic E-state index is 0.183. The average Bonchev–Trinajstić information content (AvgIpc) is 2.46. The Bertz CT molecular complexity index is 477. The van der Waals surface area contributed by atoms with E-state index in [-0.39, 0.29) is 12.8 Å². The summed E-state index contributed by atoms with van der Waals surface area (Å²) >= 11 is 0. The molecule has 0 aromatic carbocycles. The van der Waals surface area contributed by atoms with Crippen LogP contribution in [0.15, 0.2) is 0 Å². The number of hydrogen-bond donors (Lipinski definition) is 2. The van der Waals surface area contributed by atoms with Gasteiger partial charge in [-0.1, -0.05) is 0 Å². The van der Waals surface area contributed by atoms with Crippen LogP contribution in [0.3, 0.4) is 0 Å². The number of ether oxygens (including phenoxy) is 2. The molecule has 2 atom stereocenters. The van der Waals surface area contributed by atoms with Crippen LogP contribution in [-0.4, -0.2) is 59.2 Å². The van der Waals surface area contributed by atoms with Gasteiger partial charge in [-0.3, -0.25) is 14.4 Å². The maximum Gasteiger partial charge on any atom is 0.374 e. The van der Waals surface area contributed by atoms with Crippen molar-refractivity contribution >= 4 is 23.7 Å². The molecular formula is C11H16N2O10. The Morgan fingerprint density at radius 1 is 1.26 bits per heavy atom. The molecule has 0 saturated heterocycles. The minimum atomic E-state index is -1.37. The molecule has 0 amide bonds. The van der Waals surface area contributed by atoms with Gasteiger partial charge in [0, 0.05) is 13.3 Å². The predicted molar refractivity (Wildman–Crippen MR) is 69.3 cm³/mol. The van der Waals surface area contributed by atoms with Crippen LogP contribution in [0.5, 0.6) is 0 Å². The quantitative estimate of drug-likeness (QED) is 0.192. The van der Waals surface area contributed by atoms with Gasteiger partial charge < -0.3 is 25.2 Å². The lowest BCUT2D eigenvalue weighted by Gasteiger charge is -2.16. The van der Waals surface area contributed by atoms with E-state index in [1.165, 1.54) is 0 Å². The highest BCUT2D eigenvalue weighted by atomic mass is 17.0. The molecule has 12 nitrogen and oxygen atoms in total. The fourth-order valence-corrected chi connectivity index (χ4v) is 1.15. The van der Waals surface area contributed by atoms with Crippen molar-refractivity contribution in [2.75, 3.05) is 13.2 Å². The van der Waals surface area contributed by atoms with E-state index in [2.05, 4.69) is 14.3 Å². The van der Waals surface area contributed by atoms with Gasteiger partial charge in [0.25, 0.3) is 5.09 Å². The number of esters is 2. The van der Waals surface area contributed by atoms with Crippen molar-refractivity contribution in [2.45, 2.75) is 31.9 Å². The second kappa shape index (κ2) is 10.0. The van der Waals surface area contributed by atoms with Gasteiger partial charge in [0.1, 0.15) is 19.3 Å². The first-order valence-electron chi connectivity index (χ1n) is 6.26. The van der Waals surface area contributed by atoms with Crippen molar-refractivity contribution in [2.24, 2.45) is 5.73 Å². The molecular weight excluding hydrogens is 320 g/mol. The van der Waals surface area contributed by atoms with Crippen LogP contribution in [0, 0.1) is 10.1 Å². The zero-order chi connectivity index (χ0) is 18.0. The number of carbonyl (C=O) groups is 4. The summed E-state index contributed by atoms with van der Waals surface area (Å²) in [5, 5.41) is 17.5. The standard InChI is InChI=1S/C11H16N2O10/c1-6(14)11(18)23-7(5-22-13(19)20)4-21-9(15)3-2-8(12)10(16)17/h7-8H,2-5,12H2,1H3,(H,16,17)/t7?,8-/m0/s1. The fraction of sp³-hybridized carbons (Fsp3) is 0.636. The Kier molecular flexibility index (Phi) is 8.84. The van der Waals surface area contributed by atoms with Crippen molar-refractivity contribution in [3.63, 3.8) is 0 Å². The lowest BCUT2D eigenvalue weighted by atomic mass is 10.2. The highest BCUT2D eigenvalue weighted by Gasteiger charge is 2.22. The highest BCUT2D eigenvalue weighted by molar-refractivity contribution is 6.32. The molecule has 0 saturated carbocycles. The van der Waals surface area contributed by atoms with E-state index >= 15 is 0 Å². The van der Waals surface area contributed by atoms with Gasteiger partial charge >= 0.3 is 17.9 Å². The van der Waals surface area contributed by atoms with Crippen molar-refractivity contribution < 1.29 is 43.7 Å². The third kappa shape index (κ3) is 9.73. The van der Waals surface area contributed by atoms with E-state index in [0.29, 0.717) is 0 Å². The molecule has 0 radical (unpaired) electrons. The molecule has 0 heterocycles. The van der Waals surface area contributed by atoms with Crippen LogP contribution in [-0.2, 0) is 33.5 Å². The van der Waals surface area contributed by atoms with Gasteiger partial charge in [-0.05, 0) is 6.42 Å². The molecule has 0 spiro atoms. The summed E-state index contributed by atoms with van der Waals surface area (Å²) < 4.78 is 9.23. The lowest BCUT2D eigenvalue weighted by molar-refractivity contribution is -0.759. The van der Waals surface area contributed by atoms with Crippen LogP contribution in [0.2, 0.25) is 0 Å². The molecule has 3 N–H and O–H groups in total. The van der Waals surface area contributed by atoms with Crippen LogP contribution in [0.4, 0.5) is 0 Å². The molecule has 0 aliphatic rings. The number of rotatable bonds is 11. The molecule has 23 heavy (non-hydrogen) atoms. The maximum atomic E-state index is 11.4. The smallest absolute Gasteiger partial charge is 0.374 e. The van der Waals surface area contributed by atoms with Crippen molar-refractivity contribution in [3.05, 3.63) is 10.1 Å². The second-order valence-electron chi connectivity index (χ2n) is 4.27. The predicted octanol–water partition coefficient (Wildman–Crippen LogP) is -1.57. The second-order valence-corrected chi connectivity index (χ2v) is 4.27. The van der Waals surface area contributed by atoms with Gasteiger partial charge in [-0.25, -0.2) is 4.79 Å². The van der Waals surface area contributed by atoms with Crippen molar-refractivity contribution in [1.29, 1.82) is 0 Å². The number of nitrogens with zero attached hydrogens (tertiary/aromatic N) is 1. The van der Waals surface area contributed by atoms with Gasteiger partial charge in [0.05, 0.1) is 0 Å². The molecule has 0 bridgehead atoms. The van der Waals surface area contributed by atoms with E-state index in [1.807, 2.05) is 0 Å². The molecule has 0 aliphatic carbocycles. The lowest BCUT2D eigenvalue weighted by Crippen LogP contribution is -2.33. The molecule has 0 aromatic rings. The number of ketones is 1. The largest absolute Gasteiger partial charge is 0.480 e. The molecule has 0 aliphatic heterocycles. The number of hydrogen-bond acceptors (Lipinski definition) is 10. The molecule has 0 aromatic heterocycles. The van der Waals surface area contributed by atoms with Crippen LogP contribution < -0.4 is 5.73 Å². The molecule has 130 valence electrons. The van der Waals surface area contributed by atoms with E-state index in [9.17, 15) is 29.3 Å². The maximum absolute atomic E-state index is 11.4. The summed E-state index contributed by atoms with van der Waals surface area (Å²) in [5.41, 5.74) is 5.19. The summed E-state index contributed by atoms with van der Waals surface area (Å²) in [5.74, 6) is -4.36. The number of nitrogens with two attached hydrogens (primary N) is 1. The summed E-state index contributed by atoms with van der Waals surface area (Å²) in [6.45, 7) is -0.422. The van der Waals surface area contributed by atoms with E-state index in [4.69, 9.17) is 10.8 Å². The Labute approximate surface area is 129 Å². The van der Waals surface area contributed by atoms with Crippen LogP contribution in [0.25, 0.3) is 0 Å². The van der Waals surface area contributed by atoms with E-state index in [0.717, 1.165) is 6.92 Å². The Morgan fingerprint density at radius 2 is 1.87 bits per heavy atom. The summed E-state index contributed by atoms with van der Waals surface area (Å²) in [6, 6.07) is -1.24. The van der Waals surface area contributed by atoms with Gasteiger partial charge in [0.2, 0.25) is 5.78 Å². The first-order chi connectivity index (χ1) is 10.6. The Balaban J connectivity index is 4.37. The number of carbonyl (C=O) groups excluding carboxylic acids is 3. The third-order valence-electron chi connectivity index (χ3n) is 2.33. The summed E-state index contributed by atoms with van der Waals surface area (Å²) in [4.78, 5) is 57.8. The minimum Gasteiger partial charge on any atom is -0.480 e. The molecule has 0 fully saturated rings. The van der Waals surface area contributed by atoms with Gasteiger partial charge in [-0.15, -0.1) is 10.1 Å². The zero-order valence-corrected chi connectivity index (χ0v) is 12.1. The zero-order valence-electron chi connectivity index (χ0n) is 12.1. The third-order valence-corrected chi connectivity index (χ3v) is 2.33. The Morgan fingerprint density at radius 3 is 2.35 bits per heavy atom. The van der Waals surface area contributed by atoms with Gasteiger partial charge in [-0.2, -0.15) is 0 Å². The van der Waals surface area contributed by atoms with Crippen LogP contribution >= 0.6 is 0 Å². The topological polar surface area (TPSA) is 185 Å². The van der Waals surface area contributed by atoms with E-state index < -0.39 is 54.1 Å². The van der Waals surface area contributed by atoms with Crippen molar-refractivity contribution in [1.82, 2.24) is 0 Å². The normalized spacial score (nSPS) is 12.6. The van der Waals surface area contributed by atoms with Gasteiger partial charge in [0.15, 0.2) is 6.10 Å².